The van der Waals surface area contributed by atoms with Crippen molar-refractivity contribution in [3.05, 3.63) is 0 Å². The first-order chi connectivity index (χ1) is 8.31. The number of likely N-dealkylation sites (tertiary alicyclic amines) is 1. The number of hydrogen-bond acceptors (Lipinski definition) is 3. The Morgan fingerprint density at radius 2 is 2.06 bits per heavy atom. The first kappa shape index (κ1) is 14.3. The Morgan fingerprint density at radius 3 is 2.50 bits per heavy atom. The molecule has 7 heteroatoms. The average molecular weight is 257 g/mol. The molecule has 1 unspecified atom stereocenters. The molecule has 1 fully saturated rings. The maximum Gasteiger partial charge on any atom is 0.317 e. The fourth-order valence-corrected chi connectivity index (χ4v) is 2.11. The molecule has 4 N–H and O–H groups in total. The van der Waals surface area contributed by atoms with Crippen molar-refractivity contribution in [1.82, 2.24) is 10.2 Å². The molecule has 0 bridgehead atoms. The molecule has 3 atom stereocenters. The van der Waals surface area contributed by atoms with E-state index in [2.05, 4.69) is 5.32 Å². The summed E-state index contributed by atoms with van der Waals surface area (Å²) in [6, 6.07) is -0.700. The molecule has 1 aliphatic heterocycles. The minimum atomic E-state index is -0.886. The number of aliphatic carboxylic acids is 1. The zero-order valence-corrected chi connectivity index (χ0v) is 10.5. The number of nitrogens with two attached hydrogens (primary N) is 1. The summed E-state index contributed by atoms with van der Waals surface area (Å²) in [7, 11) is 0. The molecular formula is C11H19N3O4. The van der Waals surface area contributed by atoms with E-state index in [1.54, 1.807) is 13.8 Å². The molecular weight excluding hydrogens is 238 g/mol. The van der Waals surface area contributed by atoms with Crippen molar-refractivity contribution < 1.29 is 19.5 Å². The monoisotopic (exact) mass is 257 g/mol. The van der Waals surface area contributed by atoms with E-state index in [9.17, 15) is 14.4 Å². The Morgan fingerprint density at radius 1 is 1.44 bits per heavy atom. The Balaban J connectivity index is 2.49. The van der Waals surface area contributed by atoms with Crippen molar-refractivity contribution in [2.45, 2.75) is 26.3 Å². The van der Waals surface area contributed by atoms with Crippen LogP contribution in [0.15, 0.2) is 0 Å². The van der Waals surface area contributed by atoms with Gasteiger partial charge in [0.2, 0.25) is 5.91 Å². The highest BCUT2D eigenvalue weighted by Gasteiger charge is 2.37. The van der Waals surface area contributed by atoms with Gasteiger partial charge in [-0.2, -0.15) is 0 Å². The number of primary amides is 1. The molecule has 18 heavy (non-hydrogen) atoms. The minimum absolute atomic E-state index is 0.0670. The summed E-state index contributed by atoms with van der Waals surface area (Å²) in [5.41, 5.74) is 5.02. The van der Waals surface area contributed by atoms with Gasteiger partial charge in [0.15, 0.2) is 0 Å². The van der Waals surface area contributed by atoms with Crippen LogP contribution >= 0.6 is 0 Å². The van der Waals surface area contributed by atoms with Gasteiger partial charge in [0.05, 0.1) is 5.92 Å². The summed E-state index contributed by atoms with van der Waals surface area (Å²) >= 11 is 0. The second kappa shape index (κ2) is 5.70. The molecule has 0 aromatic rings. The van der Waals surface area contributed by atoms with E-state index in [-0.39, 0.29) is 31.0 Å². The summed E-state index contributed by atoms with van der Waals surface area (Å²) in [5, 5.41) is 11.6. The minimum Gasteiger partial charge on any atom is -0.481 e. The fourth-order valence-electron chi connectivity index (χ4n) is 2.11. The first-order valence-electron chi connectivity index (χ1n) is 5.87. The van der Waals surface area contributed by atoms with Gasteiger partial charge in [0.1, 0.15) is 0 Å². The Labute approximate surface area is 105 Å². The predicted molar refractivity (Wildman–Crippen MR) is 63.7 cm³/mol. The molecule has 1 saturated heterocycles. The molecule has 7 nitrogen and oxygen atoms in total. The van der Waals surface area contributed by atoms with Gasteiger partial charge in [-0.1, -0.05) is 6.92 Å². The molecule has 0 radical (unpaired) electrons. The van der Waals surface area contributed by atoms with Crippen LogP contribution in [0.3, 0.4) is 0 Å². The number of hydrogen-bond donors (Lipinski definition) is 3. The molecule has 1 heterocycles. The van der Waals surface area contributed by atoms with Crippen LogP contribution in [0.2, 0.25) is 0 Å². The Kier molecular flexibility index (Phi) is 4.52. The first-order valence-corrected chi connectivity index (χ1v) is 5.87. The predicted octanol–water partition coefficient (Wildman–Crippen LogP) is -0.388. The van der Waals surface area contributed by atoms with Crippen LogP contribution in [0.5, 0.6) is 0 Å². The smallest absolute Gasteiger partial charge is 0.317 e. The number of carbonyl (C=O) groups excluding carboxylic acids is 2. The van der Waals surface area contributed by atoms with Crippen LogP contribution in [0.4, 0.5) is 4.79 Å². The summed E-state index contributed by atoms with van der Waals surface area (Å²) in [6.45, 7) is 4.09. The summed E-state index contributed by atoms with van der Waals surface area (Å²) in [4.78, 5) is 34.9. The molecule has 0 aromatic carbocycles. The highest BCUT2D eigenvalue weighted by Crippen LogP contribution is 2.23. The quantitative estimate of drug-likeness (QED) is 0.636. The van der Waals surface area contributed by atoms with Crippen molar-refractivity contribution >= 4 is 17.9 Å². The van der Waals surface area contributed by atoms with E-state index >= 15 is 0 Å². The number of urea groups is 1. The molecule has 3 amide bonds. The van der Waals surface area contributed by atoms with Crippen molar-refractivity contribution in [3.8, 4) is 0 Å². The van der Waals surface area contributed by atoms with Crippen LogP contribution in [0, 0.1) is 11.8 Å². The Hall–Kier alpha value is -1.79. The third-order valence-corrected chi connectivity index (χ3v) is 3.09. The molecule has 0 spiro atoms. The molecule has 1 rings (SSSR count). The van der Waals surface area contributed by atoms with Gasteiger partial charge in [-0.3, -0.25) is 9.59 Å². The van der Waals surface area contributed by atoms with Crippen LogP contribution in [0.25, 0.3) is 0 Å². The Bertz CT molecular complexity index is 358. The van der Waals surface area contributed by atoms with Crippen LogP contribution in [-0.2, 0) is 9.59 Å². The molecule has 0 aliphatic carbocycles. The third-order valence-electron chi connectivity index (χ3n) is 3.09. The number of carboxylic acid groups (broad SMARTS) is 1. The molecule has 1 aliphatic rings. The maximum absolute atomic E-state index is 11.8. The second-order valence-corrected chi connectivity index (χ2v) is 4.85. The van der Waals surface area contributed by atoms with Crippen molar-refractivity contribution in [2.24, 2.45) is 17.6 Å². The van der Waals surface area contributed by atoms with Gasteiger partial charge in [-0.25, -0.2) is 4.79 Å². The topological polar surface area (TPSA) is 113 Å². The normalized spacial score (nSPS) is 24.7. The van der Waals surface area contributed by atoms with Gasteiger partial charge in [0.25, 0.3) is 0 Å². The molecule has 102 valence electrons. The van der Waals surface area contributed by atoms with E-state index in [4.69, 9.17) is 10.8 Å². The van der Waals surface area contributed by atoms with Gasteiger partial charge < -0.3 is 21.1 Å². The largest absolute Gasteiger partial charge is 0.481 e. The van der Waals surface area contributed by atoms with Crippen molar-refractivity contribution in [2.75, 3.05) is 13.1 Å². The summed E-state index contributed by atoms with van der Waals surface area (Å²) < 4.78 is 0. The van der Waals surface area contributed by atoms with Crippen molar-refractivity contribution in [1.29, 1.82) is 0 Å². The SMILES string of the molecule is CC(CC(N)=O)NC(=O)N1C[C@@H](C)[C@H](C(=O)O)C1. The lowest BCUT2D eigenvalue weighted by molar-refractivity contribution is -0.142. The summed E-state index contributed by atoms with van der Waals surface area (Å²) in [6.07, 6.45) is 0.0670. The van der Waals surface area contributed by atoms with Crippen LogP contribution in [0.1, 0.15) is 20.3 Å². The van der Waals surface area contributed by atoms with E-state index in [0.717, 1.165) is 0 Å². The van der Waals surface area contributed by atoms with Gasteiger partial charge in [-0.15, -0.1) is 0 Å². The maximum atomic E-state index is 11.8. The third kappa shape index (κ3) is 3.61. The van der Waals surface area contributed by atoms with E-state index in [1.807, 2.05) is 0 Å². The highest BCUT2D eigenvalue weighted by molar-refractivity contribution is 5.79. The average Bonchev–Trinajstić information content (AvgIpc) is 2.58. The standard InChI is InChI=1S/C11H19N3O4/c1-6-4-14(5-8(6)10(16)17)11(18)13-7(2)3-9(12)15/h6-8H,3-5H2,1-2H3,(H2,12,15)(H,13,18)(H,16,17)/t6-,7?,8-/m1/s1. The number of carboxylic acids is 1. The second-order valence-electron chi connectivity index (χ2n) is 4.85. The number of carbonyl (C=O) groups is 3. The lowest BCUT2D eigenvalue weighted by Crippen LogP contribution is -2.44. The lowest BCUT2D eigenvalue weighted by Gasteiger charge is -2.20. The summed E-state index contributed by atoms with van der Waals surface area (Å²) in [5.74, 6) is -1.97. The molecule has 0 saturated carbocycles. The van der Waals surface area contributed by atoms with Gasteiger partial charge in [0, 0.05) is 25.6 Å². The van der Waals surface area contributed by atoms with E-state index < -0.39 is 17.8 Å². The zero-order valence-electron chi connectivity index (χ0n) is 10.5. The molecule has 0 aromatic heterocycles. The van der Waals surface area contributed by atoms with Crippen molar-refractivity contribution in [3.63, 3.8) is 0 Å². The number of nitrogens with zero attached hydrogens (tertiary/aromatic N) is 1. The van der Waals surface area contributed by atoms with Gasteiger partial charge >= 0.3 is 12.0 Å². The van der Waals surface area contributed by atoms with E-state index in [1.165, 1.54) is 4.90 Å². The number of nitrogens with one attached hydrogen (secondary N) is 1. The van der Waals surface area contributed by atoms with E-state index in [0.29, 0.717) is 6.54 Å². The van der Waals surface area contributed by atoms with Crippen LogP contribution < -0.4 is 11.1 Å². The van der Waals surface area contributed by atoms with Crippen LogP contribution in [-0.4, -0.2) is 47.0 Å². The highest BCUT2D eigenvalue weighted by atomic mass is 16.4. The lowest BCUT2D eigenvalue weighted by atomic mass is 9.99. The van der Waals surface area contributed by atoms with Gasteiger partial charge in [-0.05, 0) is 12.8 Å². The number of rotatable bonds is 4. The fraction of sp³-hybridized carbons (Fsp3) is 0.727. The number of amides is 3. The zero-order chi connectivity index (χ0) is 13.9.